The molecule has 1 aromatic carbocycles. The largest absolute Gasteiger partial charge is 0.497 e. The number of amides is 1. The summed E-state index contributed by atoms with van der Waals surface area (Å²) in [5, 5.41) is 3.09. The van der Waals surface area contributed by atoms with Crippen molar-refractivity contribution in [1.82, 2.24) is 14.4 Å². The minimum Gasteiger partial charge on any atom is -0.497 e. The average Bonchev–Trinajstić information content (AvgIpc) is 3.03. The molecule has 130 valence electrons. The van der Waals surface area contributed by atoms with Crippen LogP contribution in [-0.2, 0) is 0 Å². The SMILES string of the molecule is COc1ccc2nc(NC(=O)c3cnc4ccc(C)cn4c3=O)sc2c1. The normalized spacial score (nSPS) is 11.0. The summed E-state index contributed by atoms with van der Waals surface area (Å²) >= 11 is 1.31. The molecule has 7 nitrogen and oxygen atoms in total. The Morgan fingerprint density at radius 1 is 1.27 bits per heavy atom. The van der Waals surface area contributed by atoms with E-state index in [0.29, 0.717) is 16.5 Å². The van der Waals surface area contributed by atoms with Gasteiger partial charge in [-0.3, -0.25) is 19.3 Å². The predicted octanol–water partition coefficient (Wildman–Crippen LogP) is 2.87. The summed E-state index contributed by atoms with van der Waals surface area (Å²) in [6.45, 7) is 1.87. The first kappa shape index (κ1) is 16.2. The van der Waals surface area contributed by atoms with E-state index >= 15 is 0 Å². The highest BCUT2D eigenvalue weighted by Gasteiger charge is 2.15. The topological polar surface area (TPSA) is 85.6 Å². The standard InChI is InChI=1S/C18H14N4O3S/c1-10-3-6-15-19-8-12(17(24)22(15)9-10)16(23)21-18-20-13-5-4-11(25-2)7-14(13)26-18/h3-9H,1-2H3,(H,20,21,23). The maximum atomic E-state index is 12.6. The van der Waals surface area contributed by atoms with Crippen molar-refractivity contribution in [3.05, 3.63) is 64.2 Å². The fourth-order valence-electron chi connectivity index (χ4n) is 2.59. The van der Waals surface area contributed by atoms with Gasteiger partial charge in [0.25, 0.3) is 11.5 Å². The Balaban J connectivity index is 1.69. The predicted molar refractivity (Wildman–Crippen MR) is 100 cm³/mol. The van der Waals surface area contributed by atoms with Crippen molar-refractivity contribution >= 4 is 38.2 Å². The van der Waals surface area contributed by atoms with Gasteiger partial charge in [0.05, 0.1) is 17.3 Å². The second-order valence-corrected chi connectivity index (χ2v) is 6.75. The van der Waals surface area contributed by atoms with E-state index in [-0.39, 0.29) is 5.56 Å². The zero-order valence-electron chi connectivity index (χ0n) is 14.0. The van der Waals surface area contributed by atoms with Crippen LogP contribution in [0.5, 0.6) is 5.75 Å². The number of methoxy groups -OCH3 is 1. The summed E-state index contributed by atoms with van der Waals surface area (Å²) in [6, 6.07) is 9.05. The van der Waals surface area contributed by atoms with E-state index in [2.05, 4.69) is 15.3 Å². The van der Waals surface area contributed by atoms with Gasteiger partial charge in [0.15, 0.2) is 5.13 Å². The Morgan fingerprint density at radius 2 is 2.12 bits per heavy atom. The molecule has 4 rings (SSSR count). The van der Waals surface area contributed by atoms with E-state index in [1.54, 1.807) is 25.4 Å². The molecule has 0 aliphatic rings. The number of hydrogen-bond donors (Lipinski definition) is 1. The maximum absolute atomic E-state index is 12.6. The molecular formula is C18H14N4O3S. The zero-order valence-corrected chi connectivity index (χ0v) is 14.8. The lowest BCUT2D eigenvalue weighted by atomic mass is 10.3. The minimum atomic E-state index is -0.538. The molecule has 1 N–H and O–H groups in total. The monoisotopic (exact) mass is 366 g/mol. The second-order valence-electron chi connectivity index (χ2n) is 5.72. The van der Waals surface area contributed by atoms with Gasteiger partial charge in [-0.05, 0) is 36.8 Å². The molecule has 0 saturated heterocycles. The number of carbonyl (C=O) groups excluding carboxylic acids is 1. The Bertz CT molecular complexity index is 1210. The van der Waals surface area contributed by atoms with Gasteiger partial charge in [-0.15, -0.1) is 0 Å². The van der Waals surface area contributed by atoms with Crippen molar-refractivity contribution in [3.8, 4) is 5.75 Å². The minimum absolute atomic E-state index is 0.0371. The molecule has 0 aliphatic carbocycles. The van der Waals surface area contributed by atoms with Crippen LogP contribution < -0.4 is 15.6 Å². The number of anilines is 1. The third-order valence-electron chi connectivity index (χ3n) is 3.91. The summed E-state index contributed by atoms with van der Waals surface area (Å²) < 4.78 is 7.43. The molecule has 4 aromatic rings. The van der Waals surface area contributed by atoms with Crippen molar-refractivity contribution in [1.29, 1.82) is 0 Å². The number of nitrogens with zero attached hydrogens (tertiary/aromatic N) is 3. The smallest absolute Gasteiger partial charge is 0.270 e. The van der Waals surface area contributed by atoms with Crippen LogP contribution in [0.25, 0.3) is 15.9 Å². The van der Waals surface area contributed by atoms with Crippen LogP contribution in [-0.4, -0.2) is 27.4 Å². The highest BCUT2D eigenvalue weighted by molar-refractivity contribution is 7.22. The molecular weight excluding hydrogens is 352 g/mol. The average molecular weight is 366 g/mol. The molecule has 0 aliphatic heterocycles. The molecule has 0 unspecified atom stereocenters. The first-order chi connectivity index (χ1) is 12.5. The lowest BCUT2D eigenvalue weighted by molar-refractivity contribution is 0.102. The third kappa shape index (κ3) is 2.80. The number of aromatic nitrogens is 3. The van der Waals surface area contributed by atoms with Crippen LogP contribution in [0.2, 0.25) is 0 Å². The van der Waals surface area contributed by atoms with E-state index in [0.717, 1.165) is 15.8 Å². The Morgan fingerprint density at radius 3 is 2.92 bits per heavy atom. The number of nitrogens with one attached hydrogen (secondary N) is 1. The van der Waals surface area contributed by atoms with Gasteiger partial charge >= 0.3 is 0 Å². The molecule has 0 bridgehead atoms. The number of thiazole rings is 1. The number of rotatable bonds is 3. The van der Waals surface area contributed by atoms with Gasteiger partial charge in [0.2, 0.25) is 0 Å². The number of pyridine rings is 1. The molecule has 3 heterocycles. The molecule has 1 amide bonds. The van der Waals surface area contributed by atoms with E-state index in [9.17, 15) is 9.59 Å². The van der Waals surface area contributed by atoms with Gasteiger partial charge in [-0.2, -0.15) is 0 Å². The van der Waals surface area contributed by atoms with Crippen LogP contribution in [0.4, 0.5) is 5.13 Å². The lowest BCUT2D eigenvalue weighted by Gasteiger charge is -2.04. The van der Waals surface area contributed by atoms with Gasteiger partial charge < -0.3 is 4.74 Å². The number of ether oxygens (including phenoxy) is 1. The van der Waals surface area contributed by atoms with Gasteiger partial charge in [0.1, 0.15) is 17.0 Å². The molecule has 0 radical (unpaired) electrons. The summed E-state index contributed by atoms with van der Waals surface area (Å²) in [5.74, 6) is 0.177. The van der Waals surface area contributed by atoms with Crippen molar-refractivity contribution in [3.63, 3.8) is 0 Å². The molecule has 0 fully saturated rings. The fraction of sp³-hybridized carbons (Fsp3) is 0.111. The highest BCUT2D eigenvalue weighted by atomic mass is 32.1. The Labute approximate surface area is 151 Å². The van der Waals surface area contributed by atoms with E-state index < -0.39 is 11.5 Å². The third-order valence-corrected chi connectivity index (χ3v) is 4.84. The summed E-state index contributed by atoms with van der Waals surface area (Å²) in [7, 11) is 1.59. The van der Waals surface area contributed by atoms with Crippen molar-refractivity contribution in [2.75, 3.05) is 12.4 Å². The molecule has 8 heteroatoms. The Hall–Kier alpha value is -3.26. The molecule has 0 atom stereocenters. The molecule has 0 saturated carbocycles. The fourth-order valence-corrected chi connectivity index (χ4v) is 3.48. The van der Waals surface area contributed by atoms with E-state index in [1.807, 2.05) is 25.1 Å². The van der Waals surface area contributed by atoms with Crippen LogP contribution in [0.15, 0.2) is 47.5 Å². The zero-order chi connectivity index (χ0) is 18.3. The quantitative estimate of drug-likeness (QED) is 0.603. The van der Waals surface area contributed by atoms with Crippen LogP contribution >= 0.6 is 11.3 Å². The van der Waals surface area contributed by atoms with Crippen LogP contribution in [0.1, 0.15) is 15.9 Å². The highest BCUT2D eigenvalue weighted by Crippen LogP contribution is 2.29. The van der Waals surface area contributed by atoms with E-state index in [4.69, 9.17) is 4.74 Å². The number of aryl methyl sites for hydroxylation is 1. The number of fused-ring (bicyclic) bond motifs is 2. The molecule has 26 heavy (non-hydrogen) atoms. The summed E-state index contributed by atoms with van der Waals surface area (Å²) in [4.78, 5) is 33.7. The number of carbonyl (C=O) groups is 1. The molecule has 3 aromatic heterocycles. The van der Waals surface area contributed by atoms with Crippen LogP contribution in [0, 0.1) is 6.92 Å². The molecule has 0 spiro atoms. The maximum Gasteiger partial charge on any atom is 0.270 e. The summed E-state index contributed by atoms with van der Waals surface area (Å²) in [5.41, 5.74) is 1.68. The van der Waals surface area contributed by atoms with E-state index in [1.165, 1.54) is 21.9 Å². The van der Waals surface area contributed by atoms with Crippen molar-refractivity contribution in [2.45, 2.75) is 6.92 Å². The van der Waals surface area contributed by atoms with Gasteiger partial charge in [-0.1, -0.05) is 17.4 Å². The summed E-state index contributed by atoms with van der Waals surface area (Å²) in [6.07, 6.45) is 2.95. The van der Waals surface area contributed by atoms with Crippen molar-refractivity contribution in [2.24, 2.45) is 0 Å². The number of benzene rings is 1. The lowest BCUT2D eigenvalue weighted by Crippen LogP contribution is -2.26. The first-order valence-electron chi connectivity index (χ1n) is 7.79. The number of hydrogen-bond acceptors (Lipinski definition) is 6. The Kier molecular flexibility index (Phi) is 3.89. The van der Waals surface area contributed by atoms with Gasteiger partial charge in [0, 0.05) is 12.4 Å². The van der Waals surface area contributed by atoms with Crippen molar-refractivity contribution < 1.29 is 9.53 Å². The van der Waals surface area contributed by atoms with Crippen LogP contribution in [0.3, 0.4) is 0 Å². The first-order valence-corrected chi connectivity index (χ1v) is 8.61. The van der Waals surface area contributed by atoms with Gasteiger partial charge in [-0.25, -0.2) is 9.97 Å². The second kappa shape index (κ2) is 6.23.